The van der Waals surface area contributed by atoms with Crippen LogP contribution in [0.5, 0.6) is 0 Å². The van der Waals surface area contributed by atoms with Crippen molar-refractivity contribution < 1.29 is 0 Å². The van der Waals surface area contributed by atoms with E-state index in [1.807, 2.05) is 0 Å². The highest BCUT2D eigenvalue weighted by Gasteiger charge is 2.22. The predicted molar refractivity (Wildman–Crippen MR) is 85.6 cm³/mol. The van der Waals surface area contributed by atoms with E-state index in [1.165, 1.54) is 24.5 Å². The Morgan fingerprint density at radius 2 is 1.80 bits per heavy atom. The van der Waals surface area contributed by atoms with Gasteiger partial charge in [0, 0.05) is 63.1 Å². The third-order valence-corrected chi connectivity index (χ3v) is 4.45. The molecule has 20 heavy (non-hydrogen) atoms. The lowest BCUT2D eigenvalue weighted by molar-refractivity contribution is 0.144. The third-order valence-electron chi connectivity index (χ3n) is 4.45. The van der Waals surface area contributed by atoms with Crippen molar-refractivity contribution in [1.29, 1.82) is 0 Å². The van der Waals surface area contributed by atoms with Crippen LogP contribution in [0.2, 0.25) is 0 Å². The number of piperazine rings is 1. The molecule has 0 radical (unpaired) electrons. The summed E-state index contributed by atoms with van der Waals surface area (Å²) in [6.07, 6.45) is 0. The molecule has 1 N–H and O–H groups in total. The van der Waals surface area contributed by atoms with E-state index < -0.39 is 0 Å². The van der Waals surface area contributed by atoms with Crippen LogP contribution >= 0.6 is 0 Å². The van der Waals surface area contributed by atoms with Gasteiger partial charge in [-0.05, 0) is 32.3 Å². The number of likely N-dealkylation sites (N-methyl/N-ethyl adjacent to an activating group) is 1. The molecule has 0 atom stereocenters. The Balaban J connectivity index is 1.55. The highest BCUT2D eigenvalue weighted by molar-refractivity contribution is 5.58. The minimum Gasteiger partial charge on any atom is -0.385 e. The molecule has 0 bridgehead atoms. The molecule has 2 aliphatic rings. The number of nitrogens with zero attached hydrogens (tertiary/aromatic N) is 3. The summed E-state index contributed by atoms with van der Waals surface area (Å²) >= 11 is 0. The Bertz CT molecular complexity index is 434. The van der Waals surface area contributed by atoms with Gasteiger partial charge in [0.25, 0.3) is 0 Å². The van der Waals surface area contributed by atoms with Crippen LogP contribution < -0.4 is 10.2 Å². The molecule has 0 spiro atoms. The van der Waals surface area contributed by atoms with Crippen LogP contribution in [0.15, 0.2) is 24.3 Å². The summed E-state index contributed by atoms with van der Waals surface area (Å²) < 4.78 is 0. The summed E-state index contributed by atoms with van der Waals surface area (Å²) in [6, 6.07) is 8.88. The molecule has 1 aromatic rings. The van der Waals surface area contributed by atoms with Crippen LogP contribution in [-0.4, -0.2) is 69.7 Å². The van der Waals surface area contributed by atoms with Crippen molar-refractivity contribution in [2.24, 2.45) is 5.92 Å². The second-order valence-corrected chi connectivity index (χ2v) is 6.31. The fourth-order valence-corrected chi connectivity index (χ4v) is 3.10. The number of likely N-dealkylation sites (tertiary alicyclic amines) is 1. The monoisotopic (exact) mass is 274 g/mol. The largest absolute Gasteiger partial charge is 0.385 e. The first kappa shape index (κ1) is 13.7. The lowest BCUT2D eigenvalue weighted by Gasteiger charge is -2.36. The van der Waals surface area contributed by atoms with Gasteiger partial charge in [-0.3, -0.25) is 0 Å². The average Bonchev–Trinajstić information content (AvgIpc) is 2.43. The van der Waals surface area contributed by atoms with E-state index in [9.17, 15) is 0 Å². The maximum atomic E-state index is 3.59. The highest BCUT2D eigenvalue weighted by atomic mass is 15.2. The number of hydrogen-bond acceptors (Lipinski definition) is 4. The molecule has 0 amide bonds. The van der Waals surface area contributed by atoms with Crippen LogP contribution in [-0.2, 0) is 0 Å². The van der Waals surface area contributed by atoms with Crippen molar-refractivity contribution >= 4 is 11.4 Å². The summed E-state index contributed by atoms with van der Waals surface area (Å²) in [5.74, 6) is 0.812. The Hall–Kier alpha value is -1.26. The quantitative estimate of drug-likeness (QED) is 0.896. The van der Waals surface area contributed by atoms with Gasteiger partial charge in [0.2, 0.25) is 0 Å². The molecule has 0 saturated carbocycles. The highest BCUT2D eigenvalue weighted by Crippen LogP contribution is 2.21. The number of nitrogens with one attached hydrogen (secondary N) is 1. The molecular weight excluding hydrogens is 248 g/mol. The van der Waals surface area contributed by atoms with E-state index in [4.69, 9.17) is 0 Å². The molecule has 110 valence electrons. The molecular formula is C16H26N4. The predicted octanol–water partition coefficient (Wildman–Crippen LogP) is 1.41. The first-order valence-corrected chi connectivity index (χ1v) is 7.67. The van der Waals surface area contributed by atoms with Gasteiger partial charge >= 0.3 is 0 Å². The SMILES string of the molecule is CN1CCN(c2cccc(NCC3CN(C)C3)c2)CC1. The Labute approximate surface area is 122 Å². The van der Waals surface area contributed by atoms with E-state index in [0.29, 0.717) is 0 Å². The van der Waals surface area contributed by atoms with Crippen molar-refractivity contribution in [3.8, 4) is 0 Å². The Kier molecular flexibility index (Phi) is 4.13. The van der Waals surface area contributed by atoms with Crippen molar-refractivity contribution in [2.45, 2.75) is 0 Å². The third kappa shape index (κ3) is 3.25. The van der Waals surface area contributed by atoms with Crippen molar-refractivity contribution in [3.05, 3.63) is 24.3 Å². The molecule has 2 fully saturated rings. The molecule has 4 heteroatoms. The minimum absolute atomic E-state index is 0.812. The van der Waals surface area contributed by atoms with Crippen LogP contribution in [0.25, 0.3) is 0 Å². The summed E-state index contributed by atoms with van der Waals surface area (Å²) in [5.41, 5.74) is 2.62. The molecule has 0 aliphatic carbocycles. The summed E-state index contributed by atoms with van der Waals surface area (Å²) in [5, 5.41) is 3.59. The molecule has 4 nitrogen and oxygen atoms in total. The Morgan fingerprint density at radius 1 is 1.05 bits per heavy atom. The fourth-order valence-electron chi connectivity index (χ4n) is 3.10. The molecule has 2 heterocycles. The lowest BCUT2D eigenvalue weighted by Crippen LogP contribution is -2.46. The first-order valence-electron chi connectivity index (χ1n) is 7.67. The van der Waals surface area contributed by atoms with Crippen LogP contribution in [0, 0.1) is 5.92 Å². The molecule has 2 saturated heterocycles. The molecule has 3 rings (SSSR count). The summed E-state index contributed by atoms with van der Waals surface area (Å²) in [4.78, 5) is 7.25. The van der Waals surface area contributed by atoms with Crippen LogP contribution in [0.4, 0.5) is 11.4 Å². The molecule has 2 aliphatic heterocycles. The Morgan fingerprint density at radius 3 is 2.50 bits per heavy atom. The van der Waals surface area contributed by atoms with Gasteiger partial charge in [0.05, 0.1) is 0 Å². The number of rotatable bonds is 4. The molecule has 1 aromatic carbocycles. The van der Waals surface area contributed by atoms with Gasteiger partial charge < -0.3 is 20.0 Å². The van der Waals surface area contributed by atoms with Gasteiger partial charge in [0.15, 0.2) is 0 Å². The topological polar surface area (TPSA) is 21.8 Å². The minimum atomic E-state index is 0.812. The van der Waals surface area contributed by atoms with E-state index in [0.717, 1.165) is 38.6 Å². The average molecular weight is 274 g/mol. The summed E-state index contributed by atoms with van der Waals surface area (Å²) in [6.45, 7) is 8.13. The number of hydrogen-bond donors (Lipinski definition) is 1. The zero-order valence-corrected chi connectivity index (χ0v) is 12.7. The maximum Gasteiger partial charge on any atom is 0.0387 e. The normalized spacial score (nSPS) is 21.8. The second kappa shape index (κ2) is 6.02. The summed E-state index contributed by atoms with van der Waals surface area (Å²) in [7, 11) is 4.38. The second-order valence-electron chi connectivity index (χ2n) is 6.31. The van der Waals surface area contributed by atoms with Crippen molar-refractivity contribution in [1.82, 2.24) is 9.80 Å². The molecule has 0 aromatic heterocycles. The van der Waals surface area contributed by atoms with Gasteiger partial charge in [-0.1, -0.05) is 6.07 Å². The zero-order valence-electron chi connectivity index (χ0n) is 12.7. The van der Waals surface area contributed by atoms with Crippen LogP contribution in [0.3, 0.4) is 0 Å². The van der Waals surface area contributed by atoms with E-state index in [-0.39, 0.29) is 0 Å². The maximum absolute atomic E-state index is 3.59. The fraction of sp³-hybridized carbons (Fsp3) is 0.625. The van der Waals surface area contributed by atoms with E-state index in [1.54, 1.807) is 0 Å². The first-order chi connectivity index (χ1) is 9.70. The van der Waals surface area contributed by atoms with Crippen molar-refractivity contribution in [3.63, 3.8) is 0 Å². The zero-order chi connectivity index (χ0) is 13.9. The smallest absolute Gasteiger partial charge is 0.0387 e. The number of anilines is 2. The van der Waals surface area contributed by atoms with Gasteiger partial charge in [-0.2, -0.15) is 0 Å². The standard InChI is InChI=1S/C16H26N4/c1-18-6-8-20(9-7-18)16-5-3-4-15(10-16)17-11-14-12-19(2)13-14/h3-5,10,14,17H,6-9,11-13H2,1-2H3. The van der Waals surface area contributed by atoms with E-state index >= 15 is 0 Å². The van der Waals surface area contributed by atoms with Crippen molar-refractivity contribution in [2.75, 3.05) is 70.1 Å². The lowest BCUT2D eigenvalue weighted by atomic mass is 10.0. The van der Waals surface area contributed by atoms with Gasteiger partial charge in [0.1, 0.15) is 0 Å². The van der Waals surface area contributed by atoms with Crippen LogP contribution in [0.1, 0.15) is 0 Å². The number of benzene rings is 1. The van der Waals surface area contributed by atoms with Gasteiger partial charge in [-0.15, -0.1) is 0 Å². The van der Waals surface area contributed by atoms with E-state index in [2.05, 4.69) is 58.4 Å². The molecule has 0 unspecified atom stereocenters. The van der Waals surface area contributed by atoms with Gasteiger partial charge in [-0.25, -0.2) is 0 Å².